The van der Waals surface area contributed by atoms with Gasteiger partial charge in [0.25, 0.3) is 11.6 Å². The number of anilines is 1. The number of carbonyl (C=O) groups excluding carboxylic acids is 1. The lowest BCUT2D eigenvalue weighted by Crippen LogP contribution is -2.44. The van der Waals surface area contributed by atoms with Crippen molar-refractivity contribution < 1.29 is 14.5 Å². The summed E-state index contributed by atoms with van der Waals surface area (Å²) in [6, 6.07) is 13.3. The van der Waals surface area contributed by atoms with Gasteiger partial charge in [0.2, 0.25) is 0 Å². The highest BCUT2D eigenvalue weighted by Gasteiger charge is 2.22. The zero-order chi connectivity index (χ0) is 19.4. The average Bonchev–Trinajstić information content (AvgIpc) is 2.61. The normalized spacial score (nSPS) is 20.2. The molecular formula is C20H23N3O4. The molecule has 3 rings (SSSR count). The Kier molecular flexibility index (Phi) is 5.83. The molecule has 0 aromatic heterocycles. The number of nitrogens with one attached hydrogen (secondary N) is 1. The molecule has 7 nitrogen and oxygen atoms in total. The Morgan fingerprint density at radius 3 is 2.48 bits per heavy atom. The van der Waals surface area contributed by atoms with Crippen LogP contribution in [0.25, 0.3) is 0 Å². The van der Waals surface area contributed by atoms with Crippen LogP contribution in [0.3, 0.4) is 0 Å². The van der Waals surface area contributed by atoms with Crippen molar-refractivity contribution in [2.24, 2.45) is 0 Å². The molecule has 7 heteroatoms. The smallest absolute Gasteiger partial charge is 0.271 e. The summed E-state index contributed by atoms with van der Waals surface area (Å²) in [7, 11) is 0. The summed E-state index contributed by atoms with van der Waals surface area (Å²) in [5.74, 6) is -0.296. The first-order chi connectivity index (χ1) is 12.9. The Morgan fingerprint density at radius 1 is 1.19 bits per heavy atom. The number of nitrogens with zero attached hydrogens (tertiary/aromatic N) is 2. The lowest BCUT2D eigenvalue weighted by atomic mass is 10.1. The molecule has 2 aromatic rings. The number of carbonyl (C=O) groups is 1. The molecule has 2 atom stereocenters. The van der Waals surface area contributed by atoms with Crippen molar-refractivity contribution in [2.45, 2.75) is 32.6 Å². The van der Waals surface area contributed by atoms with E-state index in [1.165, 1.54) is 12.1 Å². The SMILES string of the molecule is CC1CN(Cc2ccc(C(=O)Nc3cccc([N+](=O)[O-])c3)cc2)CC(C)O1. The van der Waals surface area contributed by atoms with Gasteiger partial charge in [-0.05, 0) is 37.6 Å². The second-order valence-corrected chi connectivity index (χ2v) is 6.91. The third-order valence-corrected chi connectivity index (χ3v) is 4.43. The molecule has 1 fully saturated rings. The standard InChI is InChI=1S/C20H23N3O4/c1-14-11-22(12-15(2)27-14)13-16-6-8-17(9-7-16)20(24)21-18-4-3-5-19(10-18)23(25)26/h3-10,14-15H,11-13H2,1-2H3,(H,21,24). The maximum Gasteiger partial charge on any atom is 0.271 e. The van der Waals surface area contributed by atoms with Gasteiger partial charge >= 0.3 is 0 Å². The molecule has 1 aliphatic rings. The van der Waals surface area contributed by atoms with Crippen molar-refractivity contribution in [3.05, 3.63) is 69.8 Å². The fourth-order valence-corrected chi connectivity index (χ4v) is 3.33. The first-order valence-corrected chi connectivity index (χ1v) is 8.93. The minimum atomic E-state index is -0.488. The Balaban J connectivity index is 1.62. The van der Waals surface area contributed by atoms with E-state index in [0.29, 0.717) is 11.3 Å². The predicted octanol–water partition coefficient (Wildman–Crippen LogP) is 3.46. The number of hydrogen-bond acceptors (Lipinski definition) is 5. The van der Waals surface area contributed by atoms with Crippen LogP contribution < -0.4 is 5.32 Å². The minimum Gasteiger partial charge on any atom is -0.373 e. The van der Waals surface area contributed by atoms with Crippen LogP contribution in [0.1, 0.15) is 29.8 Å². The Labute approximate surface area is 158 Å². The van der Waals surface area contributed by atoms with Crippen molar-refractivity contribution >= 4 is 17.3 Å². The van der Waals surface area contributed by atoms with E-state index in [0.717, 1.165) is 25.2 Å². The van der Waals surface area contributed by atoms with Crippen molar-refractivity contribution in [1.29, 1.82) is 0 Å². The zero-order valence-corrected chi connectivity index (χ0v) is 15.4. The number of benzene rings is 2. The summed E-state index contributed by atoms with van der Waals surface area (Å²) in [6.45, 7) is 6.73. The molecule has 2 unspecified atom stereocenters. The average molecular weight is 369 g/mol. The highest BCUT2D eigenvalue weighted by atomic mass is 16.6. The molecule has 0 saturated carbocycles. The zero-order valence-electron chi connectivity index (χ0n) is 15.4. The number of ether oxygens (including phenoxy) is 1. The van der Waals surface area contributed by atoms with Crippen molar-refractivity contribution in [1.82, 2.24) is 4.90 Å². The van der Waals surface area contributed by atoms with Gasteiger partial charge in [-0.3, -0.25) is 19.8 Å². The molecule has 2 aromatic carbocycles. The van der Waals surface area contributed by atoms with E-state index in [-0.39, 0.29) is 23.8 Å². The molecule has 27 heavy (non-hydrogen) atoms. The van der Waals surface area contributed by atoms with E-state index >= 15 is 0 Å². The van der Waals surface area contributed by atoms with E-state index in [1.807, 2.05) is 12.1 Å². The van der Waals surface area contributed by atoms with Crippen molar-refractivity contribution in [2.75, 3.05) is 18.4 Å². The summed E-state index contributed by atoms with van der Waals surface area (Å²) in [5.41, 5.74) is 1.98. The topological polar surface area (TPSA) is 84.7 Å². The van der Waals surface area contributed by atoms with Crippen LogP contribution in [-0.4, -0.2) is 41.0 Å². The number of rotatable bonds is 5. The summed E-state index contributed by atoms with van der Waals surface area (Å²) in [4.78, 5) is 25.1. The number of nitro groups is 1. The molecule has 1 amide bonds. The lowest BCUT2D eigenvalue weighted by molar-refractivity contribution is -0.384. The third-order valence-electron chi connectivity index (χ3n) is 4.43. The van der Waals surface area contributed by atoms with Crippen LogP contribution >= 0.6 is 0 Å². The predicted molar refractivity (Wildman–Crippen MR) is 103 cm³/mol. The molecule has 1 saturated heterocycles. The van der Waals surface area contributed by atoms with E-state index in [2.05, 4.69) is 24.1 Å². The molecule has 142 valence electrons. The van der Waals surface area contributed by atoms with Crippen LogP contribution in [-0.2, 0) is 11.3 Å². The van der Waals surface area contributed by atoms with E-state index < -0.39 is 4.92 Å². The molecule has 0 aliphatic carbocycles. The molecule has 0 spiro atoms. The Morgan fingerprint density at radius 2 is 1.85 bits per heavy atom. The fourth-order valence-electron chi connectivity index (χ4n) is 3.33. The monoisotopic (exact) mass is 369 g/mol. The number of morpholine rings is 1. The number of non-ortho nitro benzene ring substituents is 1. The quantitative estimate of drug-likeness (QED) is 0.644. The molecule has 1 aliphatic heterocycles. The van der Waals surface area contributed by atoms with Crippen molar-refractivity contribution in [3.63, 3.8) is 0 Å². The molecular weight excluding hydrogens is 346 g/mol. The Hall–Kier alpha value is -2.77. The second kappa shape index (κ2) is 8.28. The number of nitro benzene ring substituents is 1. The second-order valence-electron chi connectivity index (χ2n) is 6.91. The summed E-state index contributed by atoms with van der Waals surface area (Å²) in [5, 5.41) is 13.5. The van der Waals surface area contributed by atoms with Gasteiger partial charge in [-0.25, -0.2) is 0 Å². The summed E-state index contributed by atoms with van der Waals surface area (Å²) in [6.07, 6.45) is 0.433. The van der Waals surface area contributed by atoms with Gasteiger partial charge in [0.15, 0.2) is 0 Å². The van der Waals surface area contributed by atoms with Gasteiger partial charge in [0.1, 0.15) is 0 Å². The number of amides is 1. The lowest BCUT2D eigenvalue weighted by Gasteiger charge is -2.35. The fraction of sp³-hybridized carbons (Fsp3) is 0.350. The van der Waals surface area contributed by atoms with Gasteiger partial charge in [0, 0.05) is 43.0 Å². The van der Waals surface area contributed by atoms with Crippen LogP contribution in [0.4, 0.5) is 11.4 Å². The van der Waals surface area contributed by atoms with E-state index in [4.69, 9.17) is 4.74 Å². The van der Waals surface area contributed by atoms with Gasteiger partial charge < -0.3 is 10.1 Å². The summed E-state index contributed by atoms with van der Waals surface area (Å²) >= 11 is 0. The first-order valence-electron chi connectivity index (χ1n) is 8.93. The molecule has 1 heterocycles. The molecule has 1 N–H and O–H groups in total. The minimum absolute atomic E-state index is 0.0582. The van der Waals surface area contributed by atoms with Crippen LogP contribution in [0, 0.1) is 10.1 Å². The van der Waals surface area contributed by atoms with Gasteiger partial charge in [-0.1, -0.05) is 18.2 Å². The van der Waals surface area contributed by atoms with Crippen molar-refractivity contribution in [3.8, 4) is 0 Å². The summed E-state index contributed by atoms with van der Waals surface area (Å²) < 4.78 is 5.75. The highest BCUT2D eigenvalue weighted by molar-refractivity contribution is 6.04. The first kappa shape index (κ1) is 19.0. The Bertz CT molecular complexity index is 812. The van der Waals surface area contributed by atoms with Crippen LogP contribution in [0.2, 0.25) is 0 Å². The van der Waals surface area contributed by atoms with E-state index in [1.54, 1.807) is 24.3 Å². The van der Waals surface area contributed by atoms with E-state index in [9.17, 15) is 14.9 Å². The third kappa shape index (κ3) is 5.12. The molecule has 0 radical (unpaired) electrons. The maximum absolute atomic E-state index is 12.4. The molecule has 0 bridgehead atoms. The van der Waals surface area contributed by atoms with Crippen LogP contribution in [0.5, 0.6) is 0 Å². The number of hydrogen-bond donors (Lipinski definition) is 1. The van der Waals surface area contributed by atoms with Crippen LogP contribution in [0.15, 0.2) is 48.5 Å². The largest absolute Gasteiger partial charge is 0.373 e. The van der Waals surface area contributed by atoms with Gasteiger partial charge in [-0.15, -0.1) is 0 Å². The maximum atomic E-state index is 12.4. The highest BCUT2D eigenvalue weighted by Crippen LogP contribution is 2.19. The van der Waals surface area contributed by atoms with Gasteiger partial charge in [0.05, 0.1) is 17.1 Å². The van der Waals surface area contributed by atoms with Gasteiger partial charge in [-0.2, -0.15) is 0 Å².